The third-order valence-corrected chi connectivity index (χ3v) is 18.0. The Balaban J connectivity index is 4.92. The molecule has 0 aliphatic rings. The molecular weight excluding hydrogens is 1060 g/mol. The summed E-state index contributed by atoms with van der Waals surface area (Å²) in [6.45, 7) is 18.2. The van der Waals surface area contributed by atoms with E-state index in [-0.39, 0.29) is 23.6 Å². The van der Waals surface area contributed by atoms with Gasteiger partial charge in [-0.25, -0.2) is 0 Å². The Morgan fingerprint density at radius 3 is 0.616 bits per heavy atom. The monoisotopic (exact) mass is 1210 g/mol. The van der Waals surface area contributed by atoms with Gasteiger partial charge in [0.2, 0.25) is 23.6 Å². The minimum atomic E-state index is 0.113. The Hall–Kier alpha value is -2.24. The number of unbranched alkanes of at least 4 members (excludes halogenated alkanes) is 46. The number of nitrogens with one attached hydrogen (secondary N) is 5. The number of carbonyl (C=O) groups is 4. The van der Waals surface area contributed by atoms with E-state index >= 15 is 0 Å². The van der Waals surface area contributed by atoms with Gasteiger partial charge in [0.1, 0.15) is 0 Å². The summed E-state index contributed by atoms with van der Waals surface area (Å²) in [5, 5.41) is 16.4. The van der Waals surface area contributed by atoms with Crippen LogP contribution in [0.2, 0.25) is 0 Å². The Kier molecular flexibility index (Phi) is 70.0. The van der Waals surface area contributed by atoms with Crippen LogP contribution in [0.1, 0.15) is 381 Å². The summed E-state index contributed by atoms with van der Waals surface area (Å²) < 4.78 is 0. The SMILES string of the molecule is CCCCCCCCCCCCCCNC(=O)CCN(CCCCCNCCN(CCC(=O)NCCCCCCCCCCCCCC)CCC(=O)NCCCCCCCCCCCCCC)CCC(=O)NCCCCCCCCCCCCCC. The smallest absolute Gasteiger partial charge is 0.221 e. The summed E-state index contributed by atoms with van der Waals surface area (Å²) in [5.74, 6) is 0.474. The Bertz CT molecular complexity index is 1210. The number of rotatable bonds is 73. The first-order valence-corrected chi connectivity index (χ1v) is 38.6. The van der Waals surface area contributed by atoms with Gasteiger partial charge in [-0.15, -0.1) is 0 Å². The van der Waals surface area contributed by atoms with Crippen LogP contribution in [0.4, 0.5) is 0 Å². The van der Waals surface area contributed by atoms with E-state index in [1.165, 1.54) is 283 Å². The maximum absolute atomic E-state index is 13.0. The highest BCUT2D eigenvalue weighted by Crippen LogP contribution is 2.16. The molecule has 0 saturated carbocycles. The summed E-state index contributed by atoms with van der Waals surface area (Å²) in [6, 6.07) is 0. The maximum atomic E-state index is 13.0. The van der Waals surface area contributed by atoms with Crippen molar-refractivity contribution in [2.75, 3.05) is 78.5 Å². The van der Waals surface area contributed by atoms with Crippen LogP contribution >= 0.6 is 0 Å². The molecule has 11 nitrogen and oxygen atoms in total. The van der Waals surface area contributed by atoms with Crippen molar-refractivity contribution in [3.63, 3.8) is 0 Å². The molecule has 86 heavy (non-hydrogen) atoms. The van der Waals surface area contributed by atoms with Gasteiger partial charge in [-0.2, -0.15) is 0 Å². The van der Waals surface area contributed by atoms with E-state index in [0.717, 1.165) is 97.3 Å². The fourth-order valence-corrected chi connectivity index (χ4v) is 12.0. The zero-order chi connectivity index (χ0) is 62.4. The quantitative estimate of drug-likeness (QED) is 0.0383. The molecule has 0 saturated heterocycles. The van der Waals surface area contributed by atoms with Gasteiger partial charge >= 0.3 is 0 Å². The molecule has 0 rings (SSSR count). The second-order valence-corrected chi connectivity index (χ2v) is 26.5. The first-order chi connectivity index (χ1) is 42.4. The maximum Gasteiger partial charge on any atom is 0.221 e. The molecule has 0 unspecified atom stereocenters. The van der Waals surface area contributed by atoms with Crippen LogP contribution in [0.3, 0.4) is 0 Å². The summed E-state index contributed by atoms with van der Waals surface area (Å²) in [5.41, 5.74) is 0. The zero-order valence-electron chi connectivity index (χ0n) is 58.4. The first kappa shape index (κ1) is 83.8. The Morgan fingerprint density at radius 1 is 0.198 bits per heavy atom. The molecule has 11 heteroatoms. The molecule has 0 radical (unpaired) electrons. The zero-order valence-corrected chi connectivity index (χ0v) is 58.4. The lowest BCUT2D eigenvalue weighted by atomic mass is 10.1. The van der Waals surface area contributed by atoms with E-state index in [1.54, 1.807) is 0 Å². The summed E-state index contributed by atoms with van der Waals surface area (Å²) >= 11 is 0. The van der Waals surface area contributed by atoms with E-state index in [2.05, 4.69) is 64.1 Å². The lowest BCUT2D eigenvalue weighted by molar-refractivity contribution is -0.123. The molecule has 0 aliphatic carbocycles. The van der Waals surface area contributed by atoms with Gasteiger partial charge in [0.25, 0.3) is 0 Å². The van der Waals surface area contributed by atoms with E-state index in [9.17, 15) is 19.2 Å². The van der Waals surface area contributed by atoms with Crippen LogP contribution < -0.4 is 26.6 Å². The van der Waals surface area contributed by atoms with Gasteiger partial charge in [-0.3, -0.25) is 19.2 Å². The van der Waals surface area contributed by atoms with E-state index in [4.69, 9.17) is 0 Å². The van der Waals surface area contributed by atoms with Gasteiger partial charge in [-0.1, -0.05) is 317 Å². The molecule has 0 heterocycles. The van der Waals surface area contributed by atoms with Gasteiger partial charge < -0.3 is 36.4 Å². The van der Waals surface area contributed by atoms with Crippen molar-refractivity contribution in [1.82, 2.24) is 36.4 Å². The third-order valence-electron chi connectivity index (χ3n) is 18.0. The molecule has 0 aromatic carbocycles. The molecule has 0 aliphatic heterocycles. The van der Waals surface area contributed by atoms with Crippen molar-refractivity contribution in [3.05, 3.63) is 0 Å². The Labute approximate surface area is 536 Å². The van der Waals surface area contributed by atoms with Crippen LogP contribution in [0, 0.1) is 0 Å². The predicted octanol–water partition coefficient (Wildman–Crippen LogP) is 19.2. The minimum absolute atomic E-state index is 0.113. The minimum Gasteiger partial charge on any atom is -0.356 e. The molecule has 0 aromatic rings. The summed E-state index contributed by atoms with van der Waals surface area (Å²) in [4.78, 5) is 56.6. The topological polar surface area (TPSA) is 135 Å². The normalized spacial score (nSPS) is 11.6. The largest absolute Gasteiger partial charge is 0.356 e. The van der Waals surface area contributed by atoms with Gasteiger partial charge in [0.05, 0.1) is 0 Å². The third kappa shape index (κ3) is 67.7. The van der Waals surface area contributed by atoms with Crippen LogP contribution in [0.5, 0.6) is 0 Å². The number of carbonyl (C=O) groups excluding carboxylic acids is 4. The molecule has 0 fully saturated rings. The fourth-order valence-electron chi connectivity index (χ4n) is 12.0. The van der Waals surface area contributed by atoms with Crippen LogP contribution in [-0.2, 0) is 19.2 Å². The van der Waals surface area contributed by atoms with Crippen LogP contribution in [0.25, 0.3) is 0 Å². The van der Waals surface area contributed by atoms with Crippen molar-refractivity contribution in [3.8, 4) is 0 Å². The predicted molar refractivity (Wildman–Crippen MR) is 374 cm³/mol. The van der Waals surface area contributed by atoms with Gasteiger partial charge in [0.15, 0.2) is 0 Å². The molecule has 0 bridgehead atoms. The summed E-state index contributed by atoms with van der Waals surface area (Å²) in [6.07, 6.45) is 68.0. The molecule has 0 aromatic heterocycles. The number of nitrogens with zero attached hydrogens (tertiary/aromatic N) is 2. The lowest BCUT2D eigenvalue weighted by Gasteiger charge is -2.23. The number of hydrogen-bond acceptors (Lipinski definition) is 7. The first-order valence-electron chi connectivity index (χ1n) is 38.6. The summed E-state index contributed by atoms with van der Waals surface area (Å²) in [7, 11) is 0. The van der Waals surface area contributed by atoms with Crippen LogP contribution in [0.15, 0.2) is 0 Å². The second-order valence-electron chi connectivity index (χ2n) is 26.5. The molecule has 0 spiro atoms. The van der Waals surface area contributed by atoms with E-state index in [0.29, 0.717) is 51.9 Å². The van der Waals surface area contributed by atoms with Crippen molar-refractivity contribution in [1.29, 1.82) is 0 Å². The van der Waals surface area contributed by atoms with Crippen molar-refractivity contribution in [2.24, 2.45) is 0 Å². The Morgan fingerprint density at radius 2 is 0.384 bits per heavy atom. The van der Waals surface area contributed by atoms with Gasteiger partial charge in [0, 0.05) is 91.1 Å². The molecule has 510 valence electrons. The van der Waals surface area contributed by atoms with E-state index in [1.807, 2.05) is 0 Å². The molecular formula is C75H151N7O4. The van der Waals surface area contributed by atoms with Gasteiger partial charge in [-0.05, 0) is 51.6 Å². The van der Waals surface area contributed by atoms with Crippen molar-refractivity contribution in [2.45, 2.75) is 381 Å². The lowest BCUT2D eigenvalue weighted by Crippen LogP contribution is -2.38. The second kappa shape index (κ2) is 71.8. The average molecular weight is 1220 g/mol. The number of amides is 4. The molecule has 0 atom stereocenters. The molecule has 4 amide bonds. The highest BCUT2D eigenvalue weighted by Gasteiger charge is 2.13. The molecule has 5 N–H and O–H groups in total. The van der Waals surface area contributed by atoms with Crippen molar-refractivity contribution >= 4 is 23.6 Å². The number of hydrogen-bond donors (Lipinski definition) is 5. The average Bonchev–Trinajstić information content (AvgIpc) is 3.56. The fraction of sp³-hybridized carbons (Fsp3) is 0.947. The highest BCUT2D eigenvalue weighted by atomic mass is 16.2. The van der Waals surface area contributed by atoms with E-state index < -0.39 is 0 Å². The standard InChI is InChI=1S/C75H151N7O4/c1-5-9-13-17-21-25-29-33-37-41-45-51-61-77-72(83)56-67-81(68-57-73(84)78-62-52-46-42-38-34-30-26-22-18-14-10-6-2)66-55-49-50-60-76-65-71-82(69-58-74(85)79-63-53-47-43-39-35-31-27-23-19-15-11-7-3)70-59-75(86)80-64-54-48-44-40-36-32-28-24-20-16-12-8-4/h76H,5-71H2,1-4H3,(H,77,83)(H,78,84)(H,79,85)(H,80,86). The van der Waals surface area contributed by atoms with Crippen LogP contribution in [-0.4, -0.2) is 112 Å². The van der Waals surface area contributed by atoms with Crippen molar-refractivity contribution < 1.29 is 19.2 Å². The highest BCUT2D eigenvalue weighted by molar-refractivity contribution is 5.77.